The molecule has 2 aromatic carbocycles. The predicted octanol–water partition coefficient (Wildman–Crippen LogP) is 4.22. The molecule has 0 bridgehead atoms. The van der Waals surface area contributed by atoms with Gasteiger partial charge in [-0.25, -0.2) is 4.98 Å². The zero-order valence-electron chi connectivity index (χ0n) is 18.1. The van der Waals surface area contributed by atoms with E-state index in [4.69, 9.17) is 0 Å². The minimum absolute atomic E-state index is 0.147. The van der Waals surface area contributed by atoms with Crippen molar-refractivity contribution >= 4 is 23.2 Å². The second-order valence-electron chi connectivity index (χ2n) is 8.25. The highest BCUT2D eigenvalue weighted by Gasteiger charge is 2.36. The molecule has 0 spiro atoms. The third kappa shape index (κ3) is 3.98. The Labute approximate surface area is 194 Å². The summed E-state index contributed by atoms with van der Waals surface area (Å²) in [4.78, 5) is 35.1. The molecule has 0 radical (unpaired) electrons. The Balaban J connectivity index is 1.28. The molecular formula is C25H21F3N4O2. The zero-order chi connectivity index (χ0) is 23.9. The van der Waals surface area contributed by atoms with Gasteiger partial charge in [0.15, 0.2) is 0 Å². The average Bonchev–Trinajstić information content (AvgIpc) is 3.19. The molecule has 5 rings (SSSR count). The Hall–Kier alpha value is -3.88. The van der Waals surface area contributed by atoms with E-state index in [0.29, 0.717) is 25.3 Å². The van der Waals surface area contributed by atoms with Gasteiger partial charge in [-0.05, 0) is 30.3 Å². The number of amides is 2. The molecule has 2 amide bonds. The van der Waals surface area contributed by atoms with E-state index in [1.165, 1.54) is 23.1 Å². The normalized spacial score (nSPS) is 16.1. The van der Waals surface area contributed by atoms with Gasteiger partial charge in [0.25, 0.3) is 11.8 Å². The molecular weight excluding hydrogens is 445 g/mol. The van der Waals surface area contributed by atoms with Crippen LogP contribution in [-0.4, -0.2) is 47.9 Å². The first-order valence-corrected chi connectivity index (χ1v) is 10.9. The first-order chi connectivity index (χ1) is 16.3. The van der Waals surface area contributed by atoms with Gasteiger partial charge in [0, 0.05) is 37.4 Å². The Kier molecular flexibility index (Phi) is 5.47. The summed E-state index contributed by atoms with van der Waals surface area (Å²) in [5.74, 6) is -0.768. The smallest absolute Gasteiger partial charge is 0.367 e. The van der Waals surface area contributed by atoms with Gasteiger partial charge in [-0.15, -0.1) is 0 Å². The van der Waals surface area contributed by atoms with Gasteiger partial charge in [-0.2, -0.15) is 13.2 Å². The Morgan fingerprint density at radius 2 is 1.56 bits per heavy atom. The van der Waals surface area contributed by atoms with Crippen molar-refractivity contribution in [2.75, 3.05) is 36.0 Å². The number of para-hydroxylation sites is 1. The Morgan fingerprint density at radius 3 is 2.26 bits per heavy atom. The molecule has 0 atom stereocenters. The summed E-state index contributed by atoms with van der Waals surface area (Å²) >= 11 is 0. The number of anilines is 2. The van der Waals surface area contributed by atoms with Gasteiger partial charge in [0.05, 0.1) is 29.6 Å². The first kappa shape index (κ1) is 21.9. The number of carbonyl (C=O) groups is 2. The fraction of sp³-hybridized carbons (Fsp3) is 0.240. The van der Waals surface area contributed by atoms with Crippen LogP contribution in [0, 0.1) is 0 Å². The molecule has 0 N–H and O–H groups in total. The maximum absolute atomic E-state index is 13.3. The van der Waals surface area contributed by atoms with Crippen LogP contribution >= 0.6 is 0 Å². The Bertz CT molecular complexity index is 1240. The minimum Gasteiger partial charge on any atom is -0.367 e. The van der Waals surface area contributed by atoms with Crippen molar-refractivity contribution in [3.63, 3.8) is 0 Å². The van der Waals surface area contributed by atoms with Crippen molar-refractivity contribution in [1.82, 2.24) is 9.88 Å². The lowest BCUT2D eigenvalue weighted by atomic mass is 10.1. The molecule has 6 nitrogen and oxygen atoms in total. The molecule has 0 saturated carbocycles. The number of halogens is 3. The lowest BCUT2D eigenvalue weighted by molar-refractivity contribution is -0.138. The molecule has 1 aromatic heterocycles. The van der Waals surface area contributed by atoms with Crippen molar-refractivity contribution in [2.24, 2.45) is 0 Å². The van der Waals surface area contributed by atoms with Crippen LogP contribution in [0.25, 0.3) is 0 Å². The quantitative estimate of drug-likeness (QED) is 0.580. The molecule has 0 aliphatic carbocycles. The number of aromatic nitrogens is 1. The summed E-state index contributed by atoms with van der Waals surface area (Å²) in [5.41, 5.74) is 1.62. The van der Waals surface area contributed by atoms with Crippen molar-refractivity contribution in [3.05, 3.63) is 89.2 Å². The lowest BCUT2D eigenvalue weighted by Crippen LogP contribution is -2.49. The number of fused-ring (bicyclic) bond motifs is 1. The highest BCUT2D eigenvalue weighted by Crippen LogP contribution is 2.33. The monoisotopic (exact) mass is 466 g/mol. The summed E-state index contributed by atoms with van der Waals surface area (Å²) in [6, 6.07) is 16.2. The highest BCUT2D eigenvalue weighted by molar-refractivity contribution is 6.08. The van der Waals surface area contributed by atoms with E-state index in [9.17, 15) is 22.8 Å². The van der Waals surface area contributed by atoms with E-state index in [-0.39, 0.29) is 24.6 Å². The molecule has 1 fully saturated rings. The van der Waals surface area contributed by atoms with Gasteiger partial charge in [-0.3, -0.25) is 9.59 Å². The number of pyridine rings is 1. The summed E-state index contributed by atoms with van der Waals surface area (Å²) < 4.78 is 40.0. The number of hydrogen-bond donors (Lipinski definition) is 0. The van der Waals surface area contributed by atoms with Crippen LogP contribution in [0.1, 0.15) is 32.0 Å². The summed E-state index contributed by atoms with van der Waals surface area (Å²) in [6.45, 7) is 1.91. The van der Waals surface area contributed by atoms with Crippen LogP contribution in [0.3, 0.4) is 0 Å². The summed E-state index contributed by atoms with van der Waals surface area (Å²) in [7, 11) is 0. The molecule has 2 aliphatic rings. The molecule has 3 heterocycles. The fourth-order valence-electron chi connectivity index (χ4n) is 4.43. The number of piperazine rings is 1. The fourth-order valence-corrected chi connectivity index (χ4v) is 4.43. The van der Waals surface area contributed by atoms with Crippen molar-refractivity contribution in [3.8, 4) is 0 Å². The minimum atomic E-state index is -4.59. The van der Waals surface area contributed by atoms with Gasteiger partial charge < -0.3 is 14.7 Å². The molecule has 174 valence electrons. The molecule has 9 heteroatoms. The second-order valence-corrected chi connectivity index (χ2v) is 8.25. The lowest BCUT2D eigenvalue weighted by Gasteiger charge is -2.36. The number of rotatable bonds is 3. The SMILES string of the molecule is O=C(c1ccccc1C(F)(F)F)N1CCN(c2cnc3c(c2)CN(c2ccccc2)C3=O)CC1. The van der Waals surface area contributed by atoms with Crippen molar-refractivity contribution in [2.45, 2.75) is 12.7 Å². The van der Waals surface area contributed by atoms with Crippen LogP contribution in [0.5, 0.6) is 0 Å². The van der Waals surface area contributed by atoms with E-state index < -0.39 is 17.6 Å². The summed E-state index contributed by atoms with van der Waals surface area (Å²) in [5, 5.41) is 0. The maximum atomic E-state index is 13.3. The van der Waals surface area contributed by atoms with Crippen LogP contribution in [0.2, 0.25) is 0 Å². The van der Waals surface area contributed by atoms with Crippen LogP contribution in [0.4, 0.5) is 24.5 Å². The second kappa shape index (κ2) is 8.48. The number of benzene rings is 2. The largest absolute Gasteiger partial charge is 0.417 e. The average molecular weight is 466 g/mol. The number of carbonyl (C=O) groups excluding carboxylic acids is 2. The number of alkyl halides is 3. The van der Waals surface area contributed by atoms with E-state index in [1.54, 1.807) is 11.1 Å². The van der Waals surface area contributed by atoms with E-state index in [2.05, 4.69) is 4.98 Å². The van der Waals surface area contributed by atoms with Gasteiger partial charge in [0.2, 0.25) is 0 Å². The van der Waals surface area contributed by atoms with Gasteiger partial charge in [-0.1, -0.05) is 30.3 Å². The van der Waals surface area contributed by atoms with Crippen LogP contribution in [-0.2, 0) is 12.7 Å². The standard InChI is InChI=1S/C25H21F3N4O2/c26-25(27,28)21-9-5-4-8-20(21)23(33)31-12-10-30(11-13-31)19-14-17-16-32(18-6-2-1-3-7-18)24(34)22(17)29-15-19/h1-9,14-15H,10-13,16H2. The number of hydrogen-bond acceptors (Lipinski definition) is 4. The molecule has 3 aromatic rings. The molecule has 2 aliphatic heterocycles. The number of nitrogens with zero attached hydrogens (tertiary/aromatic N) is 4. The van der Waals surface area contributed by atoms with Crippen LogP contribution in [0.15, 0.2) is 66.9 Å². The highest BCUT2D eigenvalue weighted by atomic mass is 19.4. The molecule has 1 saturated heterocycles. The van der Waals surface area contributed by atoms with E-state index >= 15 is 0 Å². The van der Waals surface area contributed by atoms with Gasteiger partial charge in [0.1, 0.15) is 5.69 Å². The summed E-state index contributed by atoms with van der Waals surface area (Å²) in [6.07, 6.45) is -2.95. The molecule has 0 unspecified atom stereocenters. The zero-order valence-corrected chi connectivity index (χ0v) is 18.1. The van der Waals surface area contributed by atoms with E-state index in [0.717, 1.165) is 23.0 Å². The van der Waals surface area contributed by atoms with E-state index in [1.807, 2.05) is 41.3 Å². The van der Waals surface area contributed by atoms with Gasteiger partial charge >= 0.3 is 6.18 Å². The Morgan fingerprint density at radius 1 is 0.882 bits per heavy atom. The maximum Gasteiger partial charge on any atom is 0.417 e. The third-order valence-electron chi connectivity index (χ3n) is 6.19. The van der Waals surface area contributed by atoms with Crippen molar-refractivity contribution < 1.29 is 22.8 Å². The van der Waals surface area contributed by atoms with Crippen LogP contribution < -0.4 is 9.80 Å². The first-order valence-electron chi connectivity index (χ1n) is 10.9. The topological polar surface area (TPSA) is 56.8 Å². The van der Waals surface area contributed by atoms with Crippen molar-refractivity contribution in [1.29, 1.82) is 0 Å². The molecule has 34 heavy (non-hydrogen) atoms. The predicted molar refractivity (Wildman–Crippen MR) is 121 cm³/mol. The third-order valence-corrected chi connectivity index (χ3v) is 6.19.